The molecule has 0 bridgehead atoms. The summed E-state index contributed by atoms with van der Waals surface area (Å²) in [6.07, 6.45) is 3.56. The Morgan fingerprint density at radius 3 is 2.58 bits per heavy atom. The first-order valence-electron chi connectivity index (χ1n) is 3.39. The Morgan fingerprint density at radius 1 is 1.50 bits per heavy atom. The highest BCUT2D eigenvalue weighted by molar-refractivity contribution is 5.73. The molecule has 0 fully saturated rings. The van der Waals surface area contributed by atoms with Crippen molar-refractivity contribution in [2.45, 2.75) is 6.42 Å². The van der Waals surface area contributed by atoms with Crippen molar-refractivity contribution >= 4 is 12.4 Å². The Labute approximate surface area is 70.6 Å². The molecule has 0 aliphatic rings. The number of nitrogens with one attached hydrogen (secondary N) is 2. The van der Waals surface area contributed by atoms with Crippen molar-refractivity contribution < 1.29 is 9.13 Å². The van der Waals surface area contributed by atoms with Crippen LogP contribution in [0.4, 0.5) is 4.39 Å². The smallest absolute Gasteiger partial charge is 0.139 e. The third-order valence-electron chi connectivity index (χ3n) is 0.972. The molecule has 0 aromatic rings. The van der Waals surface area contributed by atoms with Gasteiger partial charge in [-0.2, -0.15) is 0 Å². The van der Waals surface area contributed by atoms with Gasteiger partial charge in [-0.3, -0.25) is 0 Å². The van der Waals surface area contributed by atoms with Crippen molar-refractivity contribution in [2.75, 3.05) is 6.61 Å². The molecule has 4 heteroatoms. The third kappa shape index (κ3) is 5.34. The molecule has 0 aliphatic carbocycles. The van der Waals surface area contributed by atoms with Crippen molar-refractivity contribution in [2.24, 2.45) is 0 Å². The minimum Gasteiger partial charge on any atom is -0.492 e. The van der Waals surface area contributed by atoms with Crippen LogP contribution >= 0.6 is 0 Å². The van der Waals surface area contributed by atoms with Gasteiger partial charge >= 0.3 is 0 Å². The second-order valence-electron chi connectivity index (χ2n) is 1.98. The molecule has 0 atom stereocenters. The van der Waals surface area contributed by atoms with E-state index in [1.165, 1.54) is 6.21 Å². The van der Waals surface area contributed by atoms with Gasteiger partial charge in [-0.15, -0.1) is 0 Å². The summed E-state index contributed by atoms with van der Waals surface area (Å²) in [4.78, 5) is 0. The molecule has 3 nitrogen and oxygen atoms in total. The number of hydrogen-bond acceptors (Lipinski definition) is 3. The molecule has 0 unspecified atom stereocenters. The Hall–Kier alpha value is -1.45. The van der Waals surface area contributed by atoms with E-state index >= 15 is 0 Å². The zero-order chi connectivity index (χ0) is 9.40. The number of hydrogen-bond donors (Lipinski definition) is 2. The number of halogens is 1. The predicted molar refractivity (Wildman–Crippen MR) is 46.5 cm³/mol. The summed E-state index contributed by atoms with van der Waals surface area (Å²) in [5, 5.41) is 13.5. The molecule has 0 aliphatic heterocycles. The van der Waals surface area contributed by atoms with Crippen LogP contribution in [0.2, 0.25) is 0 Å². The highest BCUT2D eigenvalue weighted by Crippen LogP contribution is 2.01. The fraction of sp³-hybridized carbons (Fsp3) is 0.250. The minimum absolute atomic E-state index is 0.115. The lowest BCUT2D eigenvalue weighted by Crippen LogP contribution is -1.96. The van der Waals surface area contributed by atoms with Gasteiger partial charge in [0.05, 0.1) is 12.8 Å². The molecular weight excluding hydrogens is 159 g/mol. The molecule has 0 heterocycles. The second-order valence-corrected chi connectivity index (χ2v) is 1.98. The summed E-state index contributed by atoms with van der Waals surface area (Å²) in [5.41, 5.74) is 0. The summed E-state index contributed by atoms with van der Waals surface area (Å²) >= 11 is 0. The number of allylic oxidation sites excluding steroid dienone is 3. The monoisotopic (exact) mass is 170 g/mol. The summed E-state index contributed by atoms with van der Waals surface area (Å²) < 4.78 is 17.1. The van der Waals surface area contributed by atoms with Gasteiger partial charge in [-0.1, -0.05) is 6.58 Å². The van der Waals surface area contributed by atoms with Gasteiger partial charge in [0, 0.05) is 12.5 Å². The van der Waals surface area contributed by atoms with E-state index in [1.807, 2.05) is 0 Å². The quantitative estimate of drug-likeness (QED) is 0.272. The van der Waals surface area contributed by atoms with E-state index in [0.29, 0.717) is 6.42 Å². The molecule has 0 rings (SSSR count). The average molecular weight is 170 g/mol. The summed E-state index contributed by atoms with van der Waals surface area (Å²) in [7, 11) is 0. The Morgan fingerprint density at radius 2 is 2.17 bits per heavy atom. The van der Waals surface area contributed by atoms with Crippen molar-refractivity contribution in [1.29, 1.82) is 10.8 Å². The number of ether oxygens (including phenoxy) is 1. The van der Waals surface area contributed by atoms with Crippen LogP contribution in [0.25, 0.3) is 0 Å². The van der Waals surface area contributed by atoms with Crippen LogP contribution in [-0.2, 0) is 4.74 Å². The Bertz CT molecular complexity index is 211. The van der Waals surface area contributed by atoms with Crippen LogP contribution in [0, 0.1) is 10.8 Å². The molecule has 0 radical (unpaired) electrons. The molecule has 0 amide bonds. The zero-order valence-electron chi connectivity index (χ0n) is 6.64. The Kier molecular flexibility index (Phi) is 5.51. The van der Waals surface area contributed by atoms with E-state index in [0.717, 1.165) is 12.3 Å². The summed E-state index contributed by atoms with van der Waals surface area (Å²) in [6.45, 7) is 3.28. The molecule has 12 heavy (non-hydrogen) atoms. The van der Waals surface area contributed by atoms with Gasteiger partial charge in [-0.05, 0) is 6.21 Å². The molecule has 0 saturated carbocycles. The second kappa shape index (κ2) is 6.27. The van der Waals surface area contributed by atoms with Crippen molar-refractivity contribution in [3.8, 4) is 0 Å². The molecule has 2 N–H and O–H groups in total. The van der Waals surface area contributed by atoms with E-state index in [1.54, 1.807) is 0 Å². The van der Waals surface area contributed by atoms with E-state index in [9.17, 15) is 4.39 Å². The van der Waals surface area contributed by atoms with Crippen LogP contribution in [0.3, 0.4) is 0 Å². The van der Waals surface area contributed by atoms with Gasteiger partial charge < -0.3 is 15.6 Å². The molecule has 0 spiro atoms. The fourth-order valence-electron chi connectivity index (χ4n) is 0.515. The minimum atomic E-state index is -0.650. The van der Waals surface area contributed by atoms with Gasteiger partial charge in [0.15, 0.2) is 0 Å². The first kappa shape index (κ1) is 10.6. The van der Waals surface area contributed by atoms with E-state index in [4.69, 9.17) is 15.6 Å². The van der Waals surface area contributed by atoms with E-state index in [-0.39, 0.29) is 12.4 Å². The summed E-state index contributed by atoms with van der Waals surface area (Å²) in [5.74, 6) is -0.535. The molecular formula is C8H11FN2O. The maximum Gasteiger partial charge on any atom is 0.139 e. The fourth-order valence-corrected chi connectivity index (χ4v) is 0.515. The van der Waals surface area contributed by atoms with E-state index < -0.39 is 5.83 Å². The lowest BCUT2D eigenvalue weighted by Gasteiger charge is -2.02. The largest absolute Gasteiger partial charge is 0.492 e. The summed E-state index contributed by atoms with van der Waals surface area (Å²) in [6, 6.07) is 0. The predicted octanol–water partition coefficient (Wildman–Crippen LogP) is 2.06. The first-order chi connectivity index (χ1) is 5.70. The molecule has 66 valence electrons. The highest BCUT2D eigenvalue weighted by Gasteiger charge is 1.93. The Balaban J connectivity index is 3.90. The van der Waals surface area contributed by atoms with Crippen LogP contribution in [-0.4, -0.2) is 19.0 Å². The van der Waals surface area contributed by atoms with Crippen molar-refractivity contribution in [3.05, 3.63) is 24.2 Å². The third-order valence-corrected chi connectivity index (χ3v) is 0.972. The first-order valence-corrected chi connectivity index (χ1v) is 3.39. The van der Waals surface area contributed by atoms with Gasteiger partial charge in [0.1, 0.15) is 11.6 Å². The topological polar surface area (TPSA) is 56.9 Å². The lowest BCUT2D eigenvalue weighted by molar-refractivity contribution is 0.242. The molecule has 0 aromatic carbocycles. The van der Waals surface area contributed by atoms with Gasteiger partial charge in [0.25, 0.3) is 0 Å². The van der Waals surface area contributed by atoms with Crippen LogP contribution in [0.15, 0.2) is 24.2 Å². The van der Waals surface area contributed by atoms with Crippen LogP contribution in [0.1, 0.15) is 6.42 Å². The standard InChI is InChI=1S/C8H11FN2O/c1-7(9)5-8(6-11)12-4-2-3-10/h3,5-6,10-11H,1-2,4H2/b8-5+,10-3?,11-6?. The van der Waals surface area contributed by atoms with Gasteiger partial charge in [0.2, 0.25) is 0 Å². The maximum atomic E-state index is 12.1. The lowest BCUT2D eigenvalue weighted by atomic mass is 10.4. The van der Waals surface area contributed by atoms with Crippen molar-refractivity contribution in [3.63, 3.8) is 0 Å². The van der Waals surface area contributed by atoms with Crippen LogP contribution in [0.5, 0.6) is 0 Å². The average Bonchev–Trinajstić information content (AvgIpc) is 2.02. The normalized spacial score (nSPS) is 10.6. The SMILES string of the molecule is C=C(F)/C=C(\C=N)OCCC=N. The van der Waals surface area contributed by atoms with E-state index in [2.05, 4.69) is 6.58 Å². The number of rotatable bonds is 6. The molecule has 0 saturated heterocycles. The van der Waals surface area contributed by atoms with Crippen LogP contribution < -0.4 is 0 Å². The maximum absolute atomic E-state index is 12.1. The highest BCUT2D eigenvalue weighted by atomic mass is 19.1. The zero-order valence-corrected chi connectivity index (χ0v) is 6.64. The van der Waals surface area contributed by atoms with Gasteiger partial charge in [-0.25, -0.2) is 4.39 Å². The molecule has 0 aromatic heterocycles. The van der Waals surface area contributed by atoms with Crippen molar-refractivity contribution in [1.82, 2.24) is 0 Å².